The van der Waals surface area contributed by atoms with Crippen LogP contribution in [0.25, 0.3) is 10.8 Å². The van der Waals surface area contributed by atoms with Gasteiger partial charge in [0.1, 0.15) is 5.75 Å². The largest absolute Gasteiger partial charge is 0.573 e. The van der Waals surface area contributed by atoms with Crippen molar-refractivity contribution in [1.82, 2.24) is 10.2 Å². The van der Waals surface area contributed by atoms with Gasteiger partial charge in [0.2, 0.25) is 0 Å². The van der Waals surface area contributed by atoms with Gasteiger partial charge in [-0.15, -0.1) is 13.2 Å². The molecule has 3 rings (SSSR count). The van der Waals surface area contributed by atoms with E-state index >= 15 is 0 Å². The fraction of sp³-hybridized carbons (Fsp3) is 0.0625. The summed E-state index contributed by atoms with van der Waals surface area (Å²) < 4.78 is 40.1. The second kappa shape index (κ2) is 6.27. The molecule has 6 nitrogen and oxygen atoms in total. The summed E-state index contributed by atoms with van der Waals surface area (Å²) >= 11 is 0. The number of halogens is 3. The Morgan fingerprint density at radius 3 is 2.32 bits per heavy atom. The van der Waals surface area contributed by atoms with Gasteiger partial charge in [0.25, 0.3) is 11.5 Å². The van der Waals surface area contributed by atoms with Crippen molar-refractivity contribution in [3.8, 4) is 5.75 Å². The van der Waals surface area contributed by atoms with E-state index in [4.69, 9.17) is 0 Å². The van der Waals surface area contributed by atoms with Gasteiger partial charge in [-0.1, -0.05) is 18.2 Å². The third-order valence-corrected chi connectivity index (χ3v) is 3.26. The van der Waals surface area contributed by atoms with E-state index in [1.807, 2.05) is 0 Å². The highest BCUT2D eigenvalue weighted by molar-refractivity contribution is 6.11. The molecule has 1 aromatic heterocycles. The van der Waals surface area contributed by atoms with Crippen LogP contribution in [0.1, 0.15) is 10.5 Å². The summed E-state index contributed by atoms with van der Waals surface area (Å²) in [6, 6.07) is 11.1. The Hall–Kier alpha value is -3.36. The van der Waals surface area contributed by atoms with Gasteiger partial charge in [-0.2, -0.15) is 5.10 Å². The van der Waals surface area contributed by atoms with Crippen LogP contribution < -0.4 is 15.6 Å². The van der Waals surface area contributed by atoms with Crippen molar-refractivity contribution in [2.45, 2.75) is 6.36 Å². The zero-order chi connectivity index (χ0) is 18.0. The second-order valence-electron chi connectivity index (χ2n) is 4.97. The van der Waals surface area contributed by atoms with Crippen molar-refractivity contribution in [2.24, 2.45) is 0 Å². The summed E-state index contributed by atoms with van der Waals surface area (Å²) in [5.74, 6) is -1.02. The molecule has 0 unspecified atom stereocenters. The molecular weight excluding hydrogens is 339 g/mol. The topological polar surface area (TPSA) is 84.1 Å². The molecule has 2 aromatic carbocycles. The number of nitrogens with zero attached hydrogens (tertiary/aromatic N) is 1. The van der Waals surface area contributed by atoms with Crippen molar-refractivity contribution in [1.29, 1.82) is 0 Å². The maximum atomic E-state index is 12.3. The number of aromatic nitrogens is 2. The van der Waals surface area contributed by atoms with E-state index in [1.165, 1.54) is 12.1 Å². The molecule has 0 aliphatic carbocycles. The SMILES string of the molecule is O=C(Nc1ccc(OC(F)(F)F)cc1)c1n[nH]c(=O)c2ccccc12. The summed E-state index contributed by atoms with van der Waals surface area (Å²) in [5.41, 5.74) is -0.191. The van der Waals surface area contributed by atoms with E-state index < -0.39 is 23.6 Å². The van der Waals surface area contributed by atoms with Crippen molar-refractivity contribution >= 4 is 22.4 Å². The number of anilines is 1. The lowest BCUT2D eigenvalue weighted by Gasteiger charge is -2.10. The molecule has 0 fully saturated rings. The number of aromatic amines is 1. The number of carbonyl (C=O) groups is 1. The molecule has 2 N–H and O–H groups in total. The molecular formula is C16H10F3N3O3. The lowest BCUT2D eigenvalue weighted by molar-refractivity contribution is -0.274. The summed E-state index contributed by atoms with van der Waals surface area (Å²) in [6.07, 6.45) is -4.79. The third-order valence-electron chi connectivity index (χ3n) is 3.26. The van der Waals surface area contributed by atoms with Gasteiger partial charge in [-0.05, 0) is 30.3 Å². The molecule has 0 radical (unpaired) electrons. The fourth-order valence-corrected chi connectivity index (χ4v) is 2.22. The fourth-order valence-electron chi connectivity index (χ4n) is 2.22. The number of fused-ring (bicyclic) bond motifs is 1. The zero-order valence-corrected chi connectivity index (χ0v) is 12.4. The first-order valence-electron chi connectivity index (χ1n) is 6.98. The number of benzene rings is 2. The zero-order valence-electron chi connectivity index (χ0n) is 12.4. The van der Waals surface area contributed by atoms with Crippen LogP contribution in [0.2, 0.25) is 0 Å². The van der Waals surface area contributed by atoms with Crippen LogP contribution in [-0.4, -0.2) is 22.5 Å². The molecule has 0 saturated heterocycles. The van der Waals surface area contributed by atoms with Crippen molar-refractivity contribution in [2.75, 3.05) is 5.32 Å². The van der Waals surface area contributed by atoms with E-state index in [9.17, 15) is 22.8 Å². The number of nitrogens with one attached hydrogen (secondary N) is 2. The van der Waals surface area contributed by atoms with Crippen LogP contribution in [0, 0.1) is 0 Å². The van der Waals surface area contributed by atoms with E-state index in [2.05, 4.69) is 20.3 Å². The van der Waals surface area contributed by atoms with Gasteiger partial charge >= 0.3 is 6.36 Å². The maximum Gasteiger partial charge on any atom is 0.573 e. The smallest absolute Gasteiger partial charge is 0.406 e. The number of hydrogen-bond donors (Lipinski definition) is 2. The predicted molar refractivity (Wildman–Crippen MR) is 83.4 cm³/mol. The van der Waals surface area contributed by atoms with Crippen LogP contribution in [-0.2, 0) is 0 Å². The normalized spacial score (nSPS) is 11.3. The summed E-state index contributed by atoms with van der Waals surface area (Å²) in [4.78, 5) is 24.1. The molecule has 128 valence electrons. The minimum absolute atomic E-state index is 0.00850. The first kappa shape index (κ1) is 16.5. The van der Waals surface area contributed by atoms with Crippen LogP contribution in [0.3, 0.4) is 0 Å². The minimum Gasteiger partial charge on any atom is -0.406 e. The molecule has 0 atom stereocenters. The summed E-state index contributed by atoms with van der Waals surface area (Å²) in [5, 5.41) is 9.14. The van der Waals surface area contributed by atoms with Gasteiger partial charge in [0.15, 0.2) is 5.69 Å². The van der Waals surface area contributed by atoms with Crippen LogP contribution in [0.4, 0.5) is 18.9 Å². The Morgan fingerprint density at radius 1 is 1.04 bits per heavy atom. The number of amides is 1. The average molecular weight is 349 g/mol. The number of rotatable bonds is 3. The number of carbonyl (C=O) groups excluding carboxylic acids is 1. The van der Waals surface area contributed by atoms with Crippen molar-refractivity contribution in [3.05, 3.63) is 64.6 Å². The molecule has 25 heavy (non-hydrogen) atoms. The van der Waals surface area contributed by atoms with Crippen LogP contribution in [0.5, 0.6) is 5.75 Å². The molecule has 0 aliphatic heterocycles. The van der Waals surface area contributed by atoms with Gasteiger partial charge in [-0.25, -0.2) is 5.10 Å². The summed E-state index contributed by atoms with van der Waals surface area (Å²) in [7, 11) is 0. The highest BCUT2D eigenvalue weighted by atomic mass is 19.4. The number of alkyl halides is 3. The number of hydrogen-bond acceptors (Lipinski definition) is 4. The molecule has 1 heterocycles. The monoisotopic (exact) mass is 349 g/mol. The Morgan fingerprint density at radius 2 is 1.68 bits per heavy atom. The van der Waals surface area contributed by atoms with E-state index in [0.29, 0.717) is 10.8 Å². The highest BCUT2D eigenvalue weighted by Gasteiger charge is 2.31. The number of H-pyrrole nitrogens is 1. The quantitative estimate of drug-likeness (QED) is 0.761. The summed E-state index contributed by atoms with van der Waals surface area (Å²) in [6.45, 7) is 0. The van der Waals surface area contributed by atoms with Crippen molar-refractivity contribution < 1.29 is 22.7 Å². The molecule has 0 spiro atoms. The van der Waals surface area contributed by atoms with Crippen molar-refractivity contribution in [3.63, 3.8) is 0 Å². The Labute approximate surface area is 138 Å². The van der Waals surface area contributed by atoms with Gasteiger partial charge in [0, 0.05) is 11.1 Å². The molecule has 1 amide bonds. The Bertz CT molecular complexity index is 982. The molecule has 0 bridgehead atoms. The van der Waals surface area contributed by atoms with Gasteiger partial charge < -0.3 is 10.1 Å². The highest BCUT2D eigenvalue weighted by Crippen LogP contribution is 2.24. The first-order chi connectivity index (χ1) is 11.8. The van der Waals surface area contributed by atoms with Gasteiger partial charge in [0.05, 0.1) is 5.39 Å². The Kier molecular flexibility index (Phi) is 4.14. The maximum absolute atomic E-state index is 12.3. The minimum atomic E-state index is -4.79. The van der Waals surface area contributed by atoms with Crippen LogP contribution in [0.15, 0.2) is 53.3 Å². The molecule has 3 aromatic rings. The number of ether oxygens (including phenoxy) is 1. The molecule has 9 heteroatoms. The van der Waals surface area contributed by atoms with Gasteiger partial charge in [-0.3, -0.25) is 9.59 Å². The van der Waals surface area contributed by atoms with E-state index in [1.54, 1.807) is 24.3 Å². The van der Waals surface area contributed by atoms with Crippen LogP contribution >= 0.6 is 0 Å². The Balaban J connectivity index is 1.84. The van der Waals surface area contributed by atoms with E-state index in [0.717, 1.165) is 12.1 Å². The lowest BCUT2D eigenvalue weighted by Crippen LogP contribution is -2.19. The molecule has 0 aliphatic rings. The first-order valence-corrected chi connectivity index (χ1v) is 6.98. The van der Waals surface area contributed by atoms with E-state index in [-0.39, 0.29) is 11.4 Å². The third kappa shape index (κ3) is 3.77. The average Bonchev–Trinajstić information content (AvgIpc) is 2.56. The second-order valence-corrected chi connectivity index (χ2v) is 4.97. The predicted octanol–water partition coefficient (Wildman–Crippen LogP) is 3.07. The molecule has 0 saturated carbocycles. The standard InChI is InChI=1S/C16H10F3N3O3/c17-16(18,19)25-10-7-5-9(6-8-10)20-15(24)13-11-3-1-2-4-12(11)14(23)22-21-13/h1-8H,(H,20,24)(H,22,23). The lowest BCUT2D eigenvalue weighted by atomic mass is 10.1.